The van der Waals surface area contributed by atoms with Gasteiger partial charge in [-0.15, -0.1) is 0 Å². The van der Waals surface area contributed by atoms with E-state index in [0.717, 1.165) is 18.5 Å². The van der Waals surface area contributed by atoms with Crippen LogP contribution < -0.4 is 0 Å². The largest absolute Gasteiger partial charge is 0.382 e. The fourth-order valence-corrected chi connectivity index (χ4v) is 2.93. The van der Waals surface area contributed by atoms with Gasteiger partial charge in [0.25, 0.3) is 0 Å². The number of rotatable bonds is 3. The van der Waals surface area contributed by atoms with Crippen molar-refractivity contribution in [3.63, 3.8) is 0 Å². The van der Waals surface area contributed by atoms with Gasteiger partial charge in [-0.1, -0.05) is 18.5 Å². The number of aryl methyl sites for hydroxylation is 2. The Kier molecular flexibility index (Phi) is 4.02. The molecule has 0 radical (unpaired) electrons. The topological polar surface area (TPSA) is 55.1 Å². The molecule has 0 aliphatic heterocycles. The molecule has 0 atom stereocenters. The normalized spacial score (nSPS) is 27.5. The lowest BCUT2D eigenvalue weighted by molar-refractivity contribution is -0.140. The van der Waals surface area contributed by atoms with Crippen molar-refractivity contribution in [2.45, 2.75) is 51.6 Å². The van der Waals surface area contributed by atoms with Gasteiger partial charge in [0.15, 0.2) is 5.78 Å². The van der Waals surface area contributed by atoms with Gasteiger partial charge in [0.05, 0.1) is 22.8 Å². The van der Waals surface area contributed by atoms with Crippen LogP contribution in [0.2, 0.25) is 5.02 Å². The highest BCUT2D eigenvalue weighted by Gasteiger charge is 2.39. The molecular formula is C14H21ClN2O2. The van der Waals surface area contributed by atoms with Crippen molar-refractivity contribution in [1.82, 2.24) is 9.78 Å². The first-order valence-electron chi connectivity index (χ1n) is 6.77. The Labute approximate surface area is 118 Å². The van der Waals surface area contributed by atoms with E-state index in [0.29, 0.717) is 29.5 Å². The summed E-state index contributed by atoms with van der Waals surface area (Å²) in [6, 6.07) is 0. The number of aliphatic hydroxyl groups is 1. The Morgan fingerprint density at radius 1 is 1.53 bits per heavy atom. The van der Waals surface area contributed by atoms with Crippen molar-refractivity contribution in [3.05, 3.63) is 16.4 Å². The second-order valence-corrected chi connectivity index (χ2v) is 6.16. The van der Waals surface area contributed by atoms with Crippen molar-refractivity contribution < 1.29 is 9.90 Å². The number of hydrogen-bond donors (Lipinski definition) is 1. The van der Waals surface area contributed by atoms with Gasteiger partial charge < -0.3 is 5.11 Å². The fraction of sp³-hybridized carbons (Fsp3) is 0.714. The molecule has 4 nitrogen and oxygen atoms in total. The lowest BCUT2D eigenvalue weighted by Crippen LogP contribution is -2.43. The maximum atomic E-state index is 12.4. The van der Waals surface area contributed by atoms with Gasteiger partial charge in [-0.05, 0) is 38.5 Å². The van der Waals surface area contributed by atoms with Crippen molar-refractivity contribution in [3.8, 4) is 0 Å². The van der Waals surface area contributed by atoms with Gasteiger partial charge in [-0.3, -0.25) is 9.48 Å². The van der Waals surface area contributed by atoms with Crippen molar-refractivity contribution in [1.29, 1.82) is 0 Å². The number of aromatic nitrogens is 2. The minimum atomic E-state index is -1.17. The first kappa shape index (κ1) is 14.5. The Bertz CT molecular complexity index is 488. The van der Waals surface area contributed by atoms with Crippen LogP contribution in [0, 0.1) is 12.8 Å². The van der Waals surface area contributed by atoms with E-state index in [2.05, 4.69) is 12.0 Å². The van der Waals surface area contributed by atoms with E-state index in [-0.39, 0.29) is 12.2 Å². The van der Waals surface area contributed by atoms with Crippen LogP contribution in [0.3, 0.4) is 0 Å². The summed E-state index contributed by atoms with van der Waals surface area (Å²) in [6.45, 7) is 3.97. The lowest BCUT2D eigenvalue weighted by atomic mass is 9.76. The minimum Gasteiger partial charge on any atom is -0.382 e. The van der Waals surface area contributed by atoms with Crippen LogP contribution in [0.1, 0.15) is 44.0 Å². The van der Waals surface area contributed by atoms with Gasteiger partial charge in [0, 0.05) is 7.05 Å². The van der Waals surface area contributed by atoms with Gasteiger partial charge in [0.2, 0.25) is 0 Å². The lowest BCUT2D eigenvalue weighted by Gasteiger charge is -2.33. The molecule has 1 heterocycles. The van der Waals surface area contributed by atoms with Crippen molar-refractivity contribution >= 4 is 17.4 Å². The second kappa shape index (κ2) is 5.25. The standard InChI is InChI=1S/C14H21ClN2O2/c1-9-4-6-14(19,7-5-9)12(18)8-11-13(15)10(2)16-17(11)3/h9,19H,4-8H2,1-3H3. The molecule has 1 aromatic rings. The molecule has 0 spiro atoms. The summed E-state index contributed by atoms with van der Waals surface area (Å²) in [4.78, 5) is 12.4. The number of halogens is 1. The van der Waals surface area contributed by atoms with Crippen LogP contribution in [-0.2, 0) is 18.3 Å². The van der Waals surface area contributed by atoms with E-state index in [1.807, 2.05) is 6.92 Å². The van der Waals surface area contributed by atoms with Crippen LogP contribution >= 0.6 is 11.6 Å². The van der Waals surface area contributed by atoms with Crippen LogP contribution in [0.5, 0.6) is 0 Å². The maximum Gasteiger partial charge on any atom is 0.170 e. The molecular weight excluding hydrogens is 264 g/mol. The number of carbonyl (C=O) groups excluding carboxylic acids is 1. The molecule has 5 heteroatoms. The van der Waals surface area contributed by atoms with E-state index in [1.54, 1.807) is 11.7 Å². The molecule has 106 valence electrons. The van der Waals surface area contributed by atoms with E-state index >= 15 is 0 Å². The predicted octanol–water partition coefficient (Wildman–Crippen LogP) is 2.43. The third-order valence-electron chi connectivity index (χ3n) is 4.21. The number of Topliss-reactive ketones (excluding diaryl/α,β-unsaturated/α-hetero) is 1. The molecule has 1 saturated carbocycles. The van der Waals surface area contributed by atoms with Gasteiger partial charge >= 0.3 is 0 Å². The number of nitrogens with zero attached hydrogens (tertiary/aromatic N) is 2. The molecule has 1 aliphatic carbocycles. The molecule has 0 aromatic carbocycles. The molecule has 1 aliphatic rings. The van der Waals surface area contributed by atoms with Crippen LogP contribution in [0.4, 0.5) is 0 Å². The van der Waals surface area contributed by atoms with E-state index in [9.17, 15) is 9.90 Å². The Morgan fingerprint density at radius 2 is 2.11 bits per heavy atom. The Hall–Kier alpha value is -0.870. The minimum absolute atomic E-state index is 0.135. The first-order chi connectivity index (χ1) is 8.83. The summed E-state index contributed by atoms with van der Waals surface area (Å²) in [5, 5.41) is 15.2. The SMILES string of the molecule is Cc1nn(C)c(CC(=O)C2(O)CCC(C)CC2)c1Cl. The smallest absolute Gasteiger partial charge is 0.170 e. The van der Waals surface area contributed by atoms with Gasteiger partial charge in [-0.2, -0.15) is 5.10 Å². The van der Waals surface area contributed by atoms with Crippen LogP contribution in [0.25, 0.3) is 0 Å². The van der Waals surface area contributed by atoms with Gasteiger partial charge in [-0.25, -0.2) is 0 Å². The summed E-state index contributed by atoms with van der Waals surface area (Å²) >= 11 is 6.15. The third kappa shape index (κ3) is 2.84. The monoisotopic (exact) mass is 284 g/mol. The molecule has 1 N–H and O–H groups in total. The van der Waals surface area contributed by atoms with E-state index < -0.39 is 5.60 Å². The highest BCUT2D eigenvalue weighted by molar-refractivity contribution is 6.32. The predicted molar refractivity (Wildman–Crippen MR) is 74.2 cm³/mol. The zero-order chi connectivity index (χ0) is 14.2. The Balaban J connectivity index is 2.13. The quantitative estimate of drug-likeness (QED) is 0.927. The third-order valence-corrected chi connectivity index (χ3v) is 4.70. The van der Waals surface area contributed by atoms with Crippen molar-refractivity contribution in [2.75, 3.05) is 0 Å². The molecule has 0 saturated heterocycles. The Morgan fingerprint density at radius 3 is 2.58 bits per heavy atom. The van der Waals surface area contributed by atoms with E-state index in [4.69, 9.17) is 11.6 Å². The molecule has 0 unspecified atom stereocenters. The summed E-state index contributed by atoms with van der Waals surface area (Å²) in [5.41, 5.74) is 0.237. The summed E-state index contributed by atoms with van der Waals surface area (Å²) < 4.78 is 1.63. The molecule has 1 fully saturated rings. The number of ketones is 1. The number of hydrogen-bond acceptors (Lipinski definition) is 3. The second-order valence-electron chi connectivity index (χ2n) is 5.78. The zero-order valence-corrected chi connectivity index (χ0v) is 12.5. The van der Waals surface area contributed by atoms with Crippen LogP contribution in [0.15, 0.2) is 0 Å². The molecule has 0 bridgehead atoms. The fourth-order valence-electron chi connectivity index (χ4n) is 2.71. The molecule has 19 heavy (non-hydrogen) atoms. The summed E-state index contributed by atoms with van der Waals surface area (Å²) in [5.74, 6) is 0.458. The van der Waals surface area contributed by atoms with Gasteiger partial charge in [0.1, 0.15) is 5.60 Å². The highest BCUT2D eigenvalue weighted by atomic mass is 35.5. The molecule has 2 rings (SSSR count). The average molecular weight is 285 g/mol. The average Bonchev–Trinajstić information content (AvgIpc) is 2.60. The maximum absolute atomic E-state index is 12.4. The van der Waals surface area contributed by atoms with Crippen molar-refractivity contribution in [2.24, 2.45) is 13.0 Å². The molecule has 0 amide bonds. The first-order valence-corrected chi connectivity index (χ1v) is 7.15. The summed E-state index contributed by atoms with van der Waals surface area (Å²) in [6.07, 6.45) is 3.07. The van der Waals surface area contributed by atoms with Crippen LogP contribution in [-0.4, -0.2) is 26.3 Å². The van der Waals surface area contributed by atoms with E-state index in [1.165, 1.54) is 0 Å². The summed E-state index contributed by atoms with van der Waals surface area (Å²) in [7, 11) is 1.77. The highest BCUT2D eigenvalue weighted by Crippen LogP contribution is 2.33. The molecule has 1 aromatic heterocycles. The number of carbonyl (C=O) groups is 1. The zero-order valence-electron chi connectivity index (χ0n) is 11.7.